The van der Waals surface area contributed by atoms with E-state index in [9.17, 15) is 49.2 Å². The SMILES string of the molecule is BrB(Br)Br.COc1ccc2c(c1)CCc1c(/C=C/C(=O)Nc3ccccc3C(=O)O)cnn1-2.COc1ccc2c(c1)CCc1c(CCC(=O)Nc3ccccc3C(=O)O)cnn1-2.O=C(CCc1cnn2c1CCc1cc(O)ccc1-2)Nc1ccccc1C(=O)O. The van der Waals surface area contributed by atoms with Crippen molar-refractivity contribution in [2.75, 3.05) is 30.2 Å². The predicted octanol–water partition coefficient (Wildman–Crippen LogP) is 11.7. The summed E-state index contributed by atoms with van der Waals surface area (Å²) in [6.07, 6.45) is 14.9. The van der Waals surface area contributed by atoms with Gasteiger partial charge in [-0.05, 0) is 176 Å². The molecule has 21 nitrogen and oxygen atoms in total. The van der Waals surface area contributed by atoms with Crippen molar-refractivity contribution >= 4 is 109 Å². The molecule has 9 aromatic rings. The molecule has 90 heavy (non-hydrogen) atoms. The first-order valence-corrected chi connectivity index (χ1v) is 31.0. The molecule has 7 N–H and O–H groups in total. The highest BCUT2D eigenvalue weighted by Gasteiger charge is 2.25. The number of fused-ring (bicyclic) bond motifs is 9. The molecule has 0 saturated carbocycles. The first-order valence-electron chi connectivity index (χ1n) is 28.2. The summed E-state index contributed by atoms with van der Waals surface area (Å²) in [5, 5.41) is 58.7. The predicted molar refractivity (Wildman–Crippen MR) is 352 cm³/mol. The molecule has 0 fully saturated rings. The summed E-state index contributed by atoms with van der Waals surface area (Å²) in [5.41, 5.74) is 13.6. The zero-order valence-electron chi connectivity index (χ0n) is 48.5. The van der Waals surface area contributed by atoms with Crippen LogP contribution in [0.3, 0.4) is 0 Å². The third-order valence-corrected chi connectivity index (χ3v) is 15.0. The van der Waals surface area contributed by atoms with Gasteiger partial charge in [0, 0.05) is 35.9 Å². The van der Waals surface area contributed by atoms with Gasteiger partial charge >= 0.3 is 21.1 Å². The van der Waals surface area contributed by atoms with Gasteiger partial charge in [-0.2, -0.15) is 15.3 Å². The Bertz CT molecular complexity index is 4200. The van der Waals surface area contributed by atoms with E-state index < -0.39 is 23.8 Å². The Kier molecular flexibility index (Phi) is 21.7. The van der Waals surface area contributed by atoms with Crippen molar-refractivity contribution in [1.82, 2.24) is 29.3 Å². The summed E-state index contributed by atoms with van der Waals surface area (Å²) in [6, 6.07) is 36.1. The number of halogens is 3. The molecule has 6 heterocycles. The molecule has 0 radical (unpaired) electrons. The van der Waals surface area contributed by atoms with E-state index in [-0.39, 0.29) is 56.0 Å². The van der Waals surface area contributed by atoms with Gasteiger partial charge in [-0.25, -0.2) is 28.4 Å². The number of aromatic nitrogens is 6. The van der Waals surface area contributed by atoms with Crippen molar-refractivity contribution in [3.05, 3.63) is 219 Å². The van der Waals surface area contributed by atoms with E-state index in [1.165, 1.54) is 35.4 Å². The molecule has 3 aliphatic rings. The number of nitrogens with one attached hydrogen (secondary N) is 3. The highest BCUT2D eigenvalue weighted by molar-refractivity contribution is 9.69. The van der Waals surface area contributed by atoms with Crippen molar-refractivity contribution in [1.29, 1.82) is 0 Å². The number of amides is 3. The quantitative estimate of drug-likeness (QED) is 0.0350. The van der Waals surface area contributed by atoms with Gasteiger partial charge in [0.2, 0.25) is 17.7 Å². The van der Waals surface area contributed by atoms with E-state index in [4.69, 9.17) is 9.47 Å². The van der Waals surface area contributed by atoms with E-state index in [2.05, 4.69) is 78.5 Å². The second-order valence-electron chi connectivity index (χ2n) is 20.5. The van der Waals surface area contributed by atoms with Gasteiger partial charge in [0.25, 0.3) is 0 Å². The van der Waals surface area contributed by atoms with Crippen molar-refractivity contribution in [3.63, 3.8) is 0 Å². The summed E-state index contributed by atoms with van der Waals surface area (Å²) in [6.45, 7) is 0. The lowest BCUT2D eigenvalue weighted by Crippen LogP contribution is -2.16. The number of aromatic hydroxyl groups is 1. The highest BCUT2D eigenvalue weighted by atomic mass is 79.9. The molecule has 0 aliphatic carbocycles. The van der Waals surface area contributed by atoms with Crippen LogP contribution >= 0.6 is 47.3 Å². The Balaban J connectivity index is 0.000000155. The number of aromatic carboxylic acids is 3. The molecule has 0 atom stereocenters. The molecule has 3 amide bonds. The number of phenols is 1. The van der Waals surface area contributed by atoms with E-state index >= 15 is 0 Å². The number of methoxy groups -OCH3 is 2. The zero-order valence-corrected chi connectivity index (χ0v) is 53.3. The number of nitrogens with zero attached hydrogens (tertiary/aromatic N) is 6. The van der Waals surface area contributed by atoms with Gasteiger partial charge in [0.15, 0.2) is 0 Å². The van der Waals surface area contributed by atoms with E-state index in [1.807, 2.05) is 62.7 Å². The van der Waals surface area contributed by atoms with Crippen LogP contribution < -0.4 is 25.4 Å². The monoisotopic (exact) mass is 1410 g/mol. The number of benzene rings is 6. The summed E-state index contributed by atoms with van der Waals surface area (Å²) >= 11 is 9.31. The Morgan fingerprint density at radius 1 is 0.511 bits per heavy atom. The number of hydrogen-bond donors (Lipinski definition) is 7. The minimum atomic E-state index is -1.09. The molecule has 0 bridgehead atoms. The number of para-hydroxylation sites is 3. The number of carbonyl (C=O) groups is 6. The molecule has 12 rings (SSSR count). The second-order valence-corrected chi connectivity index (χ2v) is 27.0. The van der Waals surface area contributed by atoms with Gasteiger partial charge in [-0.3, -0.25) is 14.4 Å². The third-order valence-electron chi connectivity index (χ3n) is 15.0. The van der Waals surface area contributed by atoms with Crippen LogP contribution in [0.25, 0.3) is 23.1 Å². The van der Waals surface area contributed by atoms with E-state index in [0.29, 0.717) is 24.2 Å². The van der Waals surface area contributed by atoms with Crippen LogP contribution in [-0.2, 0) is 65.8 Å². The smallest absolute Gasteiger partial charge is 0.369 e. The average Bonchev–Trinajstić information content (AvgIpc) is 1.67. The Morgan fingerprint density at radius 2 is 0.889 bits per heavy atom. The Morgan fingerprint density at radius 3 is 1.32 bits per heavy atom. The third kappa shape index (κ3) is 16.0. The largest absolute Gasteiger partial charge is 0.508 e. The first kappa shape index (κ1) is 64.9. The number of rotatable bonds is 16. The van der Waals surface area contributed by atoms with Crippen molar-refractivity contribution in [2.45, 2.75) is 64.2 Å². The zero-order chi connectivity index (χ0) is 64.0. The second kappa shape index (κ2) is 30.1. The minimum Gasteiger partial charge on any atom is -0.508 e. The molecule has 0 spiro atoms. The number of phenolic OH excluding ortho intramolecular Hbond substituents is 1. The number of anilines is 3. The lowest BCUT2D eigenvalue weighted by molar-refractivity contribution is -0.117. The molecular formula is C65H59BBr3N9O12. The van der Waals surface area contributed by atoms with Crippen LogP contribution in [0.2, 0.25) is 0 Å². The maximum atomic E-state index is 12.4. The van der Waals surface area contributed by atoms with Gasteiger partial charge in [0.05, 0.1) is 89.3 Å². The number of carbonyl (C=O) groups excluding carboxylic acids is 3. The maximum Gasteiger partial charge on any atom is 0.369 e. The van der Waals surface area contributed by atoms with Crippen LogP contribution in [0.4, 0.5) is 17.1 Å². The van der Waals surface area contributed by atoms with Crippen LogP contribution in [0.5, 0.6) is 17.2 Å². The number of aryl methyl sites for hydroxylation is 5. The van der Waals surface area contributed by atoms with Gasteiger partial charge in [0.1, 0.15) is 17.2 Å². The fraction of sp³-hybridized carbons (Fsp3) is 0.185. The number of carboxylic acids is 3. The van der Waals surface area contributed by atoms with Crippen LogP contribution in [0.1, 0.15) is 94.4 Å². The van der Waals surface area contributed by atoms with Crippen molar-refractivity contribution in [2.24, 2.45) is 0 Å². The standard InChI is InChI=1S/C22H21N3O4.C22H19N3O4.C21H19N3O4.BBr3/c2*1-29-16-8-10-19-14(12-16)6-9-20-15(13-23-25(19)20)7-11-21(26)24-18-5-3-2-4-17(18)22(27)28;25-15-7-9-18-13(11-15)5-8-19-14(12-22-24(18)19)6-10-20(26)23-17-4-2-1-3-16(17)21(27)28;2-1(3)4/h2-5,8,10,12-13H,6-7,9,11H2,1H3,(H,24,26)(H,27,28);2-5,7-8,10-13H,6,9H2,1H3,(H,24,26)(H,27,28);1-4,7,9,11-12,25H,5-6,8,10H2,(H,23,26)(H,27,28);/b;11-7+;;. The minimum absolute atomic E-state index is 0.0456. The summed E-state index contributed by atoms with van der Waals surface area (Å²) in [5.74, 6) is -2.21. The van der Waals surface area contributed by atoms with Gasteiger partial charge < -0.3 is 45.9 Å². The topological polar surface area (TPSA) is 291 Å². The molecule has 0 saturated heterocycles. The van der Waals surface area contributed by atoms with Gasteiger partial charge in [-0.1, -0.05) is 36.4 Å². The summed E-state index contributed by atoms with van der Waals surface area (Å²) in [4.78, 5) is 70.8. The van der Waals surface area contributed by atoms with Crippen LogP contribution in [0.15, 0.2) is 152 Å². The number of ether oxygens (including phenoxy) is 2. The molecule has 6 aromatic carbocycles. The lowest BCUT2D eigenvalue weighted by atomic mass is 9.98. The maximum absolute atomic E-state index is 12.4. The van der Waals surface area contributed by atoms with E-state index in [0.717, 1.165) is 106 Å². The van der Waals surface area contributed by atoms with Gasteiger partial charge in [-0.15, -0.1) is 47.3 Å². The van der Waals surface area contributed by atoms with Crippen molar-refractivity contribution < 1.29 is 58.7 Å². The highest BCUT2D eigenvalue weighted by Crippen LogP contribution is 2.33. The fourth-order valence-electron chi connectivity index (χ4n) is 10.7. The van der Waals surface area contributed by atoms with E-state index in [1.54, 1.807) is 99.4 Å². The lowest BCUT2D eigenvalue weighted by Gasteiger charge is -2.19. The fourth-order valence-corrected chi connectivity index (χ4v) is 10.7. The number of carboxylic acid groups (broad SMARTS) is 3. The van der Waals surface area contributed by atoms with Crippen molar-refractivity contribution in [3.8, 4) is 34.3 Å². The Hall–Kier alpha value is -9.59. The molecule has 25 heteroatoms. The molecule has 3 aliphatic heterocycles. The molecular weight excluding hydrogens is 1350 g/mol. The summed E-state index contributed by atoms with van der Waals surface area (Å²) < 4.78 is 16.5. The van der Waals surface area contributed by atoms with Crippen LogP contribution in [0, 0.1) is 0 Å². The number of hydrogen-bond acceptors (Lipinski definition) is 12. The average molecular weight is 1410 g/mol. The molecule has 3 aromatic heterocycles. The summed E-state index contributed by atoms with van der Waals surface area (Å²) in [7, 11) is 3.30. The Labute approximate surface area is 541 Å². The first-order chi connectivity index (χ1) is 43.4. The molecule has 460 valence electrons. The molecule has 0 unspecified atom stereocenters. The van der Waals surface area contributed by atoms with Crippen LogP contribution in [-0.4, -0.2) is 103 Å². The normalized spacial score (nSPS) is 11.9.